The molecule has 1 aromatic heterocycles. The number of nitrogens with zero attached hydrogens (tertiary/aromatic N) is 3. The number of amides is 2. The van der Waals surface area contributed by atoms with Crippen molar-refractivity contribution >= 4 is 29.3 Å². The van der Waals surface area contributed by atoms with Crippen LogP contribution in [0.15, 0.2) is 41.4 Å². The minimum atomic E-state index is -0.332. The maximum Gasteiger partial charge on any atom is 0.257 e. The summed E-state index contributed by atoms with van der Waals surface area (Å²) in [5.74, 6) is -0.248. The Labute approximate surface area is 169 Å². The molecule has 0 aliphatic carbocycles. The molecule has 6 nitrogen and oxygen atoms in total. The molecular formula is C21H22N4O2S. The summed E-state index contributed by atoms with van der Waals surface area (Å²) in [7, 11) is 0. The predicted molar refractivity (Wildman–Crippen MR) is 109 cm³/mol. The second kappa shape index (κ2) is 8.89. The van der Waals surface area contributed by atoms with Gasteiger partial charge in [-0.05, 0) is 44.9 Å². The predicted octanol–water partition coefficient (Wildman–Crippen LogP) is 3.62. The molecule has 2 heterocycles. The van der Waals surface area contributed by atoms with Crippen LogP contribution in [0, 0.1) is 18.3 Å². The van der Waals surface area contributed by atoms with Crippen LogP contribution < -0.4 is 5.32 Å². The lowest BCUT2D eigenvalue weighted by molar-refractivity contribution is -0.129. The van der Waals surface area contributed by atoms with Crippen molar-refractivity contribution in [2.75, 3.05) is 18.4 Å². The van der Waals surface area contributed by atoms with Crippen molar-refractivity contribution < 1.29 is 9.59 Å². The molecule has 0 unspecified atom stereocenters. The van der Waals surface area contributed by atoms with Crippen molar-refractivity contribution in [1.82, 2.24) is 9.88 Å². The highest BCUT2D eigenvalue weighted by Crippen LogP contribution is 2.28. The van der Waals surface area contributed by atoms with E-state index >= 15 is 0 Å². The van der Waals surface area contributed by atoms with Crippen LogP contribution in [0.25, 0.3) is 0 Å². The Bertz CT molecular complexity index is 918. The minimum Gasteiger partial charge on any atom is -0.342 e. The molecule has 1 fully saturated rings. The monoisotopic (exact) mass is 394 g/mol. The third-order valence-corrected chi connectivity index (χ3v) is 5.72. The van der Waals surface area contributed by atoms with Gasteiger partial charge in [0, 0.05) is 18.8 Å². The highest BCUT2D eigenvalue weighted by molar-refractivity contribution is 8.00. The van der Waals surface area contributed by atoms with E-state index in [2.05, 4.69) is 16.4 Å². The second-order valence-corrected chi connectivity index (χ2v) is 8.03. The molecular weight excluding hydrogens is 372 g/mol. The number of anilines is 1. The maximum atomic E-state index is 12.6. The number of para-hydroxylation sites is 1. The first-order valence-corrected chi connectivity index (χ1v) is 10.1. The lowest BCUT2D eigenvalue weighted by atomic mass is 10.1. The number of hydrogen-bond donors (Lipinski definition) is 1. The lowest BCUT2D eigenvalue weighted by Gasteiger charge is -2.20. The van der Waals surface area contributed by atoms with Gasteiger partial charge >= 0.3 is 0 Å². The Morgan fingerprint density at radius 2 is 1.93 bits per heavy atom. The molecule has 1 aliphatic heterocycles. The summed E-state index contributed by atoms with van der Waals surface area (Å²) >= 11 is 1.27. The summed E-state index contributed by atoms with van der Waals surface area (Å²) in [5, 5.41) is 12.5. The number of likely N-dealkylation sites (tertiary alicyclic amines) is 1. The summed E-state index contributed by atoms with van der Waals surface area (Å²) in [6.07, 6.45) is 2.07. The Kier molecular flexibility index (Phi) is 6.32. The van der Waals surface area contributed by atoms with Gasteiger partial charge in [0.2, 0.25) is 5.91 Å². The molecule has 3 rings (SSSR count). The molecule has 0 spiro atoms. The van der Waals surface area contributed by atoms with Gasteiger partial charge in [0.15, 0.2) is 0 Å². The normalized spacial score (nSPS) is 14.4. The smallest absolute Gasteiger partial charge is 0.257 e. The lowest BCUT2D eigenvalue weighted by Crippen LogP contribution is -2.34. The minimum absolute atomic E-state index is 0.0664. The van der Waals surface area contributed by atoms with Gasteiger partial charge in [-0.3, -0.25) is 9.59 Å². The number of thioether (sulfide) groups is 1. The average Bonchev–Trinajstić information content (AvgIpc) is 3.23. The van der Waals surface area contributed by atoms with Crippen LogP contribution in [0.5, 0.6) is 0 Å². The fraction of sp³-hybridized carbons (Fsp3) is 0.333. The first-order valence-electron chi connectivity index (χ1n) is 9.23. The molecule has 0 saturated carbocycles. The zero-order valence-electron chi connectivity index (χ0n) is 15.9. The zero-order chi connectivity index (χ0) is 20.1. The third kappa shape index (κ3) is 4.52. The molecule has 7 heteroatoms. The van der Waals surface area contributed by atoms with Crippen molar-refractivity contribution in [3.8, 4) is 6.07 Å². The van der Waals surface area contributed by atoms with Crippen molar-refractivity contribution in [2.24, 2.45) is 0 Å². The summed E-state index contributed by atoms with van der Waals surface area (Å²) < 4.78 is 0. The van der Waals surface area contributed by atoms with Crippen LogP contribution >= 0.6 is 11.8 Å². The van der Waals surface area contributed by atoms with Crippen molar-refractivity contribution in [3.05, 3.63) is 53.2 Å². The Morgan fingerprint density at radius 3 is 2.57 bits per heavy atom. The number of pyridine rings is 1. The van der Waals surface area contributed by atoms with Crippen LogP contribution in [-0.4, -0.2) is 40.0 Å². The van der Waals surface area contributed by atoms with E-state index in [0.717, 1.165) is 25.9 Å². The van der Waals surface area contributed by atoms with Gasteiger partial charge in [0.05, 0.1) is 22.1 Å². The molecule has 1 saturated heterocycles. The summed E-state index contributed by atoms with van der Waals surface area (Å²) in [6.45, 7) is 5.15. The third-order valence-electron chi connectivity index (χ3n) is 4.63. The Hall–Kier alpha value is -2.85. The summed E-state index contributed by atoms with van der Waals surface area (Å²) in [4.78, 5) is 31.5. The number of nitriles is 1. The van der Waals surface area contributed by atoms with Crippen molar-refractivity contribution in [2.45, 2.75) is 37.0 Å². The molecule has 2 aromatic rings. The van der Waals surface area contributed by atoms with E-state index < -0.39 is 0 Å². The van der Waals surface area contributed by atoms with Crippen LogP contribution in [0.1, 0.15) is 41.4 Å². The van der Waals surface area contributed by atoms with Gasteiger partial charge in [-0.1, -0.05) is 30.0 Å². The number of benzene rings is 1. The van der Waals surface area contributed by atoms with E-state index in [-0.39, 0.29) is 17.1 Å². The molecule has 0 radical (unpaired) electrons. The fourth-order valence-corrected chi connectivity index (χ4v) is 4.12. The van der Waals surface area contributed by atoms with E-state index in [4.69, 9.17) is 0 Å². The highest BCUT2D eigenvalue weighted by Gasteiger charge is 2.26. The SMILES string of the molecule is Cc1nc(S[C@H](C)C(=O)N2CCCC2)c(C#N)cc1C(=O)Nc1ccccc1. The number of nitrogens with one attached hydrogen (secondary N) is 1. The molecule has 2 amide bonds. The highest BCUT2D eigenvalue weighted by atomic mass is 32.2. The van der Waals surface area contributed by atoms with Gasteiger partial charge in [-0.2, -0.15) is 5.26 Å². The quantitative estimate of drug-likeness (QED) is 0.783. The van der Waals surface area contributed by atoms with E-state index in [9.17, 15) is 14.9 Å². The largest absolute Gasteiger partial charge is 0.342 e. The molecule has 1 aliphatic rings. The molecule has 1 atom stereocenters. The molecule has 28 heavy (non-hydrogen) atoms. The number of rotatable bonds is 5. The molecule has 144 valence electrons. The Morgan fingerprint density at radius 1 is 1.25 bits per heavy atom. The standard InChI is InChI=1S/C21H22N4O2S/c1-14-18(19(26)24-17-8-4-3-5-9-17)12-16(13-22)20(23-14)28-15(2)21(27)25-10-6-7-11-25/h3-5,8-9,12,15H,6-7,10-11H2,1-2H3,(H,24,26)/t15-/m1/s1. The van der Waals surface area contributed by atoms with Crippen molar-refractivity contribution in [1.29, 1.82) is 5.26 Å². The first-order chi connectivity index (χ1) is 13.5. The number of hydrogen-bond acceptors (Lipinski definition) is 5. The Balaban J connectivity index is 1.78. The number of carbonyl (C=O) groups excluding carboxylic acids is 2. The van der Waals surface area contributed by atoms with E-state index in [1.807, 2.05) is 30.0 Å². The number of aryl methyl sites for hydroxylation is 1. The van der Waals surface area contributed by atoms with Crippen LogP contribution in [0.4, 0.5) is 5.69 Å². The maximum absolute atomic E-state index is 12.6. The van der Waals surface area contributed by atoms with Crippen molar-refractivity contribution in [3.63, 3.8) is 0 Å². The number of aromatic nitrogens is 1. The fourth-order valence-electron chi connectivity index (χ4n) is 3.12. The van der Waals surface area contributed by atoms with E-state index in [1.165, 1.54) is 11.8 Å². The zero-order valence-corrected chi connectivity index (χ0v) is 16.8. The van der Waals surface area contributed by atoms with E-state index in [0.29, 0.717) is 27.5 Å². The topological polar surface area (TPSA) is 86.1 Å². The van der Waals surface area contributed by atoms with Gasteiger partial charge in [0.25, 0.3) is 5.91 Å². The summed E-state index contributed by atoms with van der Waals surface area (Å²) in [6, 6.07) is 12.8. The number of carbonyl (C=O) groups is 2. The van der Waals surface area contributed by atoms with Gasteiger partial charge < -0.3 is 10.2 Å². The first kappa shape index (κ1) is 19.9. The second-order valence-electron chi connectivity index (χ2n) is 6.70. The van der Waals surface area contributed by atoms with Crippen LogP contribution in [0.2, 0.25) is 0 Å². The average molecular weight is 395 g/mol. The van der Waals surface area contributed by atoms with Gasteiger partial charge in [-0.15, -0.1) is 0 Å². The molecule has 1 N–H and O–H groups in total. The summed E-state index contributed by atoms with van der Waals surface area (Å²) in [5.41, 5.74) is 1.85. The van der Waals surface area contributed by atoms with Gasteiger partial charge in [-0.25, -0.2) is 4.98 Å². The van der Waals surface area contributed by atoms with Crippen LogP contribution in [0.3, 0.4) is 0 Å². The van der Waals surface area contributed by atoms with Gasteiger partial charge in [0.1, 0.15) is 11.1 Å². The van der Waals surface area contributed by atoms with Crippen LogP contribution in [-0.2, 0) is 4.79 Å². The molecule has 0 bridgehead atoms. The van der Waals surface area contributed by atoms with E-state index in [1.54, 1.807) is 25.1 Å². The molecule has 1 aromatic carbocycles.